The Morgan fingerprint density at radius 2 is 2.07 bits per heavy atom. The van der Waals surface area contributed by atoms with Gasteiger partial charge in [-0.25, -0.2) is 14.2 Å². The fourth-order valence-corrected chi connectivity index (χ4v) is 3.57. The molecule has 1 aromatic carbocycles. The van der Waals surface area contributed by atoms with E-state index in [1.54, 1.807) is 30.7 Å². The molecule has 2 aromatic heterocycles. The summed E-state index contributed by atoms with van der Waals surface area (Å²) < 4.78 is 18.8. The number of carbonyl (C=O) groups is 1. The van der Waals surface area contributed by atoms with Crippen LogP contribution in [-0.2, 0) is 12.1 Å². The van der Waals surface area contributed by atoms with Crippen LogP contribution in [0, 0.1) is 5.82 Å². The van der Waals surface area contributed by atoms with Gasteiger partial charge in [-0.3, -0.25) is 4.98 Å². The van der Waals surface area contributed by atoms with E-state index in [1.807, 2.05) is 0 Å². The normalized spacial score (nSPS) is 15.6. The second-order valence-electron chi connectivity index (χ2n) is 7.09. The summed E-state index contributed by atoms with van der Waals surface area (Å²) in [6.45, 7) is 0.217. The number of benzene rings is 1. The van der Waals surface area contributed by atoms with Crippen molar-refractivity contribution < 1.29 is 13.7 Å². The van der Waals surface area contributed by atoms with Crippen LogP contribution in [0.5, 0.6) is 0 Å². The van der Waals surface area contributed by atoms with Crippen molar-refractivity contribution in [2.45, 2.75) is 44.2 Å². The Labute approximate surface area is 167 Å². The SMILES string of the molecule is O=C(NCc1cccc(F)c1)NC1(c2nc(-c3cnccn3)no2)CCCCC1. The smallest absolute Gasteiger partial charge is 0.315 e. The third-order valence-corrected chi connectivity index (χ3v) is 5.03. The summed E-state index contributed by atoms with van der Waals surface area (Å²) in [7, 11) is 0. The molecule has 0 spiro atoms. The van der Waals surface area contributed by atoms with Gasteiger partial charge in [0.2, 0.25) is 5.82 Å². The molecule has 0 aliphatic heterocycles. The highest BCUT2D eigenvalue weighted by Crippen LogP contribution is 2.36. The first kappa shape index (κ1) is 19.0. The lowest BCUT2D eigenvalue weighted by atomic mass is 9.81. The van der Waals surface area contributed by atoms with Crippen molar-refractivity contribution in [3.8, 4) is 11.5 Å². The predicted molar refractivity (Wildman–Crippen MR) is 102 cm³/mol. The van der Waals surface area contributed by atoms with Crippen LogP contribution in [0.3, 0.4) is 0 Å². The van der Waals surface area contributed by atoms with E-state index in [1.165, 1.54) is 12.1 Å². The molecular formula is C20H21FN6O2. The lowest BCUT2D eigenvalue weighted by Crippen LogP contribution is -2.51. The molecule has 0 radical (unpaired) electrons. The van der Waals surface area contributed by atoms with Crippen molar-refractivity contribution in [3.63, 3.8) is 0 Å². The van der Waals surface area contributed by atoms with Gasteiger partial charge in [-0.15, -0.1) is 0 Å². The van der Waals surface area contributed by atoms with E-state index in [0.717, 1.165) is 19.3 Å². The fourth-order valence-electron chi connectivity index (χ4n) is 3.57. The summed E-state index contributed by atoms with van der Waals surface area (Å²) in [6.07, 6.45) is 9.03. The van der Waals surface area contributed by atoms with Gasteiger partial charge in [0.05, 0.1) is 6.20 Å². The highest BCUT2D eigenvalue weighted by atomic mass is 19.1. The van der Waals surface area contributed by atoms with Gasteiger partial charge in [0, 0.05) is 18.9 Å². The maximum atomic E-state index is 13.3. The average Bonchev–Trinajstić information content (AvgIpc) is 3.25. The van der Waals surface area contributed by atoms with Crippen molar-refractivity contribution in [2.75, 3.05) is 0 Å². The number of carbonyl (C=O) groups excluding carboxylic acids is 1. The number of urea groups is 1. The van der Waals surface area contributed by atoms with Crippen molar-refractivity contribution in [1.29, 1.82) is 0 Å². The van der Waals surface area contributed by atoms with Gasteiger partial charge in [0.1, 0.15) is 17.1 Å². The van der Waals surface area contributed by atoms with Crippen molar-refractivity contribution in [1.82, 2.24) is 30.7 Å². The van der Waals surface area contributed by atoms with Gasteiger partial charge < -0.3 is 15.2 Å². The Balaban J connectivity index is 1.49. The Morgan fingerprint density at radius 1 is 1.21 bits per heavy atom. The zero-order chi connectivity index (χ0) is 20.1. The van der Waals surface area contributed by atoms with Gasteiger partial charge in [-0.2, -0.15) is 4.98 Å². The van der Waals surface area contributed by atoms with Crippen molar-refractivity contribution in [2.24, 2.45) is 0 Å². The lowest BCUT2D eigenvalue weighted by Gasteiger charge is -2.34. The Hall–Kier alpha value is -3.36. The van der Waals surface area contributed by atoms with Crippen LogP contribution in [0.2, 0.25) is 0 Å². The Bertz CT molecular complexity index is 972. The zero-order valence-corrected chi connectivity index (χ0v) is 15.8. The van der Waals surface area contributed by atoms with Crippen LogP contribution in [0.4, 0.5) is 9.18 Å². The molecule has 1 saturated carbocycles. The molecule has 3 aromatic rings. The molecule has 0 bridgehead atoms. The number of halogens is 1. The summed E-state index contributed by atoms with van der Waals surface area (Å²) in [4.78, 5) is 25.3. The molecular weight excluding hydrogens is 375 g/mol. The summed E-state index contributed by atoms with van der Waals surface area (Å²) in [5, 5.41) is 9.82. The number of nitrogens with zero attached hydrogens (tertiary/aromatic N) is 4. The molecule has 0 atom stereocenters. The first-order chi connectivity index (χ1) is 14.1. The third kappa shape index (κ3) is 4.39. The van der Waals surface area contributed by atoms with Crippen LogP contribution in [-0.4, -0.2) is 26.1 Å². The molecule has 1 aliphatic rings. The third-order valence-electron chi connectivity index (χ3n) is 5.03. The molecule has 29 heavy (non-hydrogen) atoms. The minimum atomic E-state index is -0.738. The molecule has 0 saturated heterocycles. The van der Waals surface area contributed by atoms with E-state index in [9.17, 15) is 9.18 Å². The molecule has 4 rings (SSSR count). The molecule has 1 fully saturated rings. The lowest BCUT2D eigenvalue weighted by molar-refractivity contribution is 0.167. The summed E-state index contributed by atoms with van der Waals surface area (Å²) in [6, 6.07) is 5.76. The molecule has 1 aliphatic carbocycles. The number of hydrogen-bond acceptors (Lipinski definition) is 6. The van der Waals surface area contributed by atoms with Gasteiger partial charge in [-0.1, -0.05) is 36.6 Å². The van der Waals surface area contributed by atoms with E-state index < -0.39 is 5.54 Å². The number of nitrogens with one attached hydrogen (secondary N) is 2. The average molecular weight is 396 g/mol. The first-order valence-electron chi connectivity index (χ1n) is 9.56. The zero-order valence-electron chi connectivity index (χ0n) is 15.8. The van der Waals surface area contributed by atoms with Crippen molar-refractivity contribution >= 4 is 6.03 Å². The molecule has 8 nitrogen and oxygen atoms in total. The minimum Gasteiger partial charge on any atom is -0.336 e. The summed E-state index contributed by atoms with van der Waals surface area (Å²) >= 11 is 0. The van der Waals surface area contributed by atoms with Gasteiger partial charge in [0.15, 0.2) is 0 Å². The molecule has 2 N–H and O–H groups in total. The molecule has 2 amide bonds. The Kier molecular flexibility index (Phi) is 5.46. The van der Waals surface area contributed by atoms with Gasteiger partial charge in [0.25, 0.3) is 5.89 Å². The number of aromatic nitrogens is 4. The molecule has 9 heteroatoms. The fraction of sp³-hybridized carbons (Fsp3) is 0.350. The second kappa shape index (κ2) is 8.34. The van der Waals surface area contributed by atoms with Gasteiger partial charge >= 0.3 is 6.03 Å². The van der Waals surface area contributed by atoms with E-state index in [4.69, 9.17) is 4.52 Å². The van der Waals surface area contributed by atoms with Crippen LogP contribution < -0.4 is 10.6 Å². The number of amides is 2. The first-order valence-corrected chi connectivity index (χ1v) is 9.56. The number of rotatable bonds is 5. The van der Waals surface area contributed by atoms with Crippen LogP contribution in [0.1, 0.15) is 43.6 Å². The largest absolute Gasteiger partial charge is 0.336 e. The summed E-state index contributed by atoms with van der Waals surface area (Å²) in [5.41, 5.74) is 0.446. The van der Waals surface area contributed by atoms with E-state index in [-0.39, 0.29) is 18.4 Å². The van der Waals surface area contributed by atoms with E-state index >= 15 is 0 Å². The second-order valence-corrected chi connectivity index (χ2v) is 7.09. The van der Waals surface area contributed by atoms with Crippen LogP contribution >= 0.6 is 0 Å². The molecule has 0 unspecified atom stereocenters. The van der Waals surface area contributed by atoms with Crippen molar-refractivity contribution in [3.05, 3.63) is 60.1 Å². The maximum absolute atomic E-state index is 13.3. The topological polar surface area (TPSA) is 106 Å². The maximum Gasteiger partial charge on any atom is 0.315 e. The standard InChI is InChI=1S/C20H21FN6O2/c21-15-6-4-5-14(11-15)12-24-19(28)26-20(7-2-1-3-8-20)18-25-17(27-29-18)16-13-22-9-10-23-16/h4-6,9-11,13H,1-3,7-8,12H2,(H2,24,26,28). The van der Waals surface area contributed by atoms with E-state index in [0.29, 0.717) is 35.8 Å². The van der Waals surface area contributed by atoms with Crippen LogP contribution in [0.15, 0.2) is 47.4 Å². The molecule has 2 heterocycles. The predicted octanol–water partition coefficient (Wildman–Crippen LogP) is 3.32. The Morgan fingerprint density at radius 3 is 2.83 bits per heavy atom. The molecule has 150 valence electrons. The minimum absolute atomic E-state index is 0.217. The highest BCUT2D eigenvalue weighted by molar-refractivity contribution is 5.75. The number of hydrogen-bond donors (Lipinski definition) is 2. The highest BCUT2D eigenvalue weighted by Gasteiger charge is 2.41. The van der Waals surface area contributed by atoms with Gasteiger partial charge in [-0.05, 0) is 30.5 Å². The van der Waals surface area contributed by atoms with Crippen LogP contribution in [0.25, 0.3) is 11.5 Å². The monoisotopic (exact) mass is 396 g/mol. The van der Waals surface area contributed by atoms with E-state index in [2.05, 4.69) is 30.7 Å². The summed E-state index contributed by atoms with van der Waals surface area (Å²) in [5.74, 6) is 0.356. The quantitative estimate of drug-likeness (QED) is 0.685.